The van der Waals surface area contributed by atoms with Gasteiger partial charge < -0.3 is 33.8 Å². The number of phosphoric acid groups is 2. The van der Waals surface area contributed by atoms with Crippen molar-refractivity contribution in [3.63, 3.8) is 0 Å². The van der Waals surface area contributed by atoms with Crippen LogP contribution in [-0.2, 0) is 65.4 Å². The van der Waals surface area contributed by atoms with E-state index in [0.717, 1.165) is 103 Å². The molecule has 0 saturated heterocycles. The minimum absolute atomic E-state index is 0.106. The van der Waals surface area contributed by atoms with Crippen LogP contribution in [-0.4, -0.2) is 96.7 Å². The number of rotatable bonds is 81. The first-order chi connectivity index (χ1) is 48.2. The SMILES string of the molecule is CCCCCCCCCCCCCCCCCCCCCCCCC(=O)O[C@H](COC(=O)CCCCCCCCCCCCCCCCCCCCCCC)COP(=O)(O)OC[C@@H](O)COP(=O)(O)OC[C@@H](COC(=O)CCCCCCCCC)OC(=O)CCCCCCCCCCC. The van der Waals surface area contributed by atoms with Crippen LogP contribution in [0.5, 0.6) is 0 Å². The van der Waals surface area contributed by atoms with Gasteiger partial charge >= 0.3 is 39.5 Å². The van der Waals surface area contributed by atoms with Gasteiger partial charge in [0.05, 0.1) is 26.4 Å². The average Bonchev–Trinajstić information content (AvgIpc) is 1.20. The van der Waals surface area contributed by atoms with Gasteiger partial charge in [0.25, 0.3) is 0 Å². The Morgan fingerprint density at radius 1 is 0.242 bits per heavy atom. The number of aliphatic hydroxyl groups is 1. The van der Waals surface area contributed by atoms with Crippen LogP contribution >= 0.6 is 15.6 Å². The number of unbranched alkanes of at least 4 members (excludes halogenated alkanes) is 55. The molecule has 0 amide bonds. The van der Waals surface area contributed by atoms with Crippen molar-refractivity contribution in [1.29, 1.82) is 0 Å². The van der Waals surface area contributed by atoms with Crippen LogP contribution in [0.1, 0.15) is 432 Å². The summed E-state index contributed by atoms with van der Waals surface area (Å²) in [6.45, 7) is 4.94. The predicted octanol–water partition coefficient (Wildman–Crippen LogP) is 24.2. The number of esters is 4. The molecule has 0 aromatic carbocycles. The van der Waals surface area contributed by atoms with Crippen LogP contribution in [0.4, 0.5) is 0 Å². The van der Waals surface area contributed by atoms with Gasteiger partial charge in [0.1, 0.15) is 19.3 Å². The first-order valence-electron chi connectivity index (χ1n) is 41.8. The highest BCUT2D eigenvalue weighted by molar-refractivity contribution is 7.47. The van der Waals surface area contributed by atoms with Gasteiger partial charge in [0, 0.05) is 25.7 Å². The number of ether oxygens (including phenoxy) is 4. The molecule has 3 N–H and O–H groups in total. The Balaban J connectivity index is 5.10. The van der Waals surface area contributed by atoms with Crippen molar-refractivity contribution in [2.75, 3.05) is 39.6 Å². The fraction of sp³-hybridized carbons (Fsp3) is 0.950. The van der Waals surface area contributed by atoms with Crippen molar-refractivity contribution < 1.29 is 80.2 Å². The maximum absolute atomic E-state index is 13.1. The largest absolute Gasteiger partial charge is 0.472 e. The molecule has 0 aromatic rings. The van der Waals surface area contributed by atoms with Gasteiger partial charge in [0.2, 0.25) is 0 Å². The Morgan fingerprint density at radius 2 is 0.404 bits per heavy atom. The molecule has 5 atom stereocenters. The molecule has 19 heteroatoms. The first-order valence-corrected chi connectivity index (χ1v) is 44.8. The van der Waals surface area contributed by atoms with Gasteiger partial charge in [-0.2, -0.15) is 0 Å². The fourth-order valence-electron chi connectivity index (χ4n) is 12.5. The topological polar surface area (TPSA) is 237 Å². The Kier molecular flexibility index (Phi) is 72.9. The van der Waals surface area contributed by atoms with E-state index in [1.54, 1.807) is 0 Å². The Bertz CT molecular complexity index is 1880. The van der Waals surface area contributed by atoms with E-state index >= 15 is 0 Å². The van der Waals surface area contributed by atoms with Gasteiger partial charge in [-0.1, -0.05) is 381 Å². The highest BCUT2D eigenvalue weighted by atomic mass is 31.2. The van der Waals surface area contributed by atoms with E-state index in [-0.39, 0.29) is 25.7 Å². The third-order valence-electron chi connectivity index (χ3n) is 18.9. The summed E-state index contributed by atoms with van der Waals surface area (Å²) < 4.78 is 68.4. The van der Waals surface area contributed by atoms with Crippen molar-refractivity contribution in [3.05, 3.63) is 0 Å². The molecule has 17 nitrogen and oxygen atoms in total. The molecule has 0 spiro atoms. The van der Waals surface area contributed by atoms with Crippen LogP contribution in [0.15, 0.2) is 0 Å². The number of hydrogen-bond donors (Lipinski definition) is 3. The average molecular weight is 1450 g/mol. The highest BCUT2D eigenvalue weighted by Gasteiger charge is 2.30. The molecule has 2 unspecified atom stereocenters. The lowest BCUT2D eigenvalue weighted by Gasteiger charge is -2.21. The molecule has 0 aromatic heterocycles. The Morgan fingerprint density at radius 3 is 0.596 bits per heavy atom. The third-order valence-corrected chi connectivity index (χ3v) is 20.8. The van der Waals surface area contributed by atoms with E-state index in [1.165, 1.54) is 250 Å². The van der Waals surface area contributed by atoms with Crippen LogP contribution in [0.25, 0.3) is 0 Å². The molecule has 0 heterocycles. The monoisotopic (exact) mass is 1450 g/mol. The molecule has 0 fully saturated rings. The molecule has 0 radical (unpaired) electrons. The van der Waals surface area contributed by atoms with E-state index in [1.807, 2.05) is 0 Å². The first kappa shape index (κ1) is 97.1. The van der Waals surface area contributed by atoms with E-state index in [9.17, 15) is 43.2 Å². The molecule has 0 saturated carbocycles. The maximum atomic E-state index is 13.1. The maximum Gasteiger partial charge on any atom is 0.472 e. The second-order valence-corrected chi connectivity index (χ2v) is 31.7. The van der Waals surface area contributed by atoms with E-state index < -0.39 is 97.5 Å². The summed E-state index contributed by atoms with van der Waals surface area (Å²) in [5.74, 6) is -2.12. The summed E-state index contributed by atoms with van der Waals surface area (Å²) in [5.41, 5.74) is 0. The number of carbonyl (C=O) groups excluding carboxylic acids is 4. The number of aliphatic hydroxyl groups excluding tert-OH is 1. The second-order valence-electron chi connectivity index (χ2n) is 28.8. The lowest BCUT2D eigenvalue weighted by molar-refractivity contribution is -0.161. The lowest BCUT2D eigenvalue weighted by Crippen LogP contribution is -2.30. The second kappa shape index (κ2) is 74.3. The molecule has 0 aliphatic carbocycles. The Labute approximate surface area is 607 Å². The molecule has 99 heavy (non-hydrogen) atoms. The zero-order chi connectivity index (χ0) is 72.5. The molecule has 0 aliphatic rings. The molecule has 0 aliphatic heterocycles. The molecule has 588 valence electrons. The summed E-state index contributed by atoms with van der Waals surface area (Å²) >= 11 is 0. The summed E-state index contributed by atoms with van der Waals surface area (Å²) in [5, 5.41) is 10.6. The minimum Gasteiger partial charge on any atom is -0.462 e. The molecular weight excluding hydrogens is 1290 g/mol. The van der Waals surface area contributed by atoms with Crippen molar-refractivity contribution in [2.45, 2.75) is 451 Å². The zero-order valence-corrected chi connectivity index (χ0v) is 66.3. The predicted molar refractivity (Wildman–Crippen MR) is 405 cm³/mol. The quantitative estimate of drug-likeness (QED) is 0.0222. The van der Waals surface area contributed by atoms with Gasteiger partial charge in [-0.15, -0.1) is 0 Å². The van der Waals surface area contributed by atoms with Gasteiger partial charge in [-0.05, 0) is 25.7 Å². The number of carbonyl (C=O) groups is 4. The van der Waals surface area contributed by atoms with E-state index in [4.69, 9.17) is 37.0 Å². The Hall–Kier alpha value is -1.94. The van der Waals surface area contributed by atoms with Crippen molar-refractivity contribution in [2.24, 2.45) is 0 Å². The van der Waals surface area contributed by atoms with Crippen LogP contribution in [0.3, 0.4) is 0 Å². The lowest BCUT2D eigenvalue weighted by atomic mass is 10.0. The highest BCUT2D eigenvalue weighted by Crippen LogP contribution is 2.45. The third kappa shape index (κ3) is 74.1. The van der Waals surface area contributed by atoms with E-state index in [0.29, 0.717) is 25.7 Å². The smallest absolute Gasteiger partial charge is 0.462 e. The zero-order valence-electron chi connectivity index (χ0n) is 64.5. The van der Waals surface area contributed by atoms with Gasteiger partial charge in [0.15, 0.2) is 12.2 Å². The molecular formula is C80H156O17P2. The van der Waals surface area contributed by atoms with Crippen molar-refractivity contribution >= 4 is 39.5 Å². The number of phosphoric ester groups is 2. The van der Waals surface area contributed by atoms with Crippen LogP contribution < -0.4 is 0 Å². The van der Waals surface area contributed by atoms with Gasteiger partial charge in [-0.3, -0.25) is 37.3 Å². The van der Waals surface area contributed by atoms with Crippen LogP contribution in [0.2, 0.25) is 0 Å². The molecule has 0 rings (SSSR count). The summed E-state index contributed by atoms with van der Waals surface area (Å²) in [6.07, 6.45) is 67.2. The fourth-order valence-corrected chi connectivity index (χ4v) is 14.0. The van der Waals surface area contributed by atoms with Gasteiger partial charge in [-0.25, -0.2) is 9.13 Å². The normalized spacial score (nSPS) is 13.8. The minimum atomic E-state index is -4.96. The summed E-state index contributed by atoms with van der Waals surface area (Å²) in [4.78, 5) is 72.7. The van der Waals surface area contributed by atoms with Crippen molar-refractivity contribution in [1.82, 2.24) is 0 Å². The van der Waals surface area contributed by atoms with Crippen molar-refractivity contribution in [3.8, 4) is 0 Å². The standard InChI is InChI=1S/C80H156O17P2/c1-5-9-13-17-21-24-26-28-30-32-34-36-38-40-42-44-46-48-51-55-59-63-67-80(85)97-76(71-91-78(83)65-61-57-53-50-47-45-43-41-39-37-35-33-31-29-27-25-22-18-14-10-6-2)73-95-99(88,89)93-69-74(81)68-92-98(86,87)94-72-75(70-90-77(82)64-60-56-52-20-16-12-8-4)96-79(84)66-62-58-54-49-23-19-15-11-7-3/h74-76,81H,5-73H2,1-4H3,(H,86,87)(H,88,89)/t74-,75+,76+/m0/s1. The summed E-state index contributed by atoms with van der Waals surface area (Å²) in [6, 6.07) is 0. The summed E-state index contributed by atoms with van der Waals surface area (Å²) in [7, 11) is -9.90. The van der Waals surface area contributed by atoms with E-state index in [2.05, 4.69) is 27.7 Å². The molecule has 0 bridgehead atoms. The number of hydrogen-bond acceptors (Lipinski definition) is 15. The van der Waals surface area contributed by atoms with Crippen LogP contribution in [0, 0.1) is 0 Å².